The van der Waals surface area contributed by atoms with Crippen LogP contribution in [0.15, 0.2) is 48.7 Å². The zero-order valence-corrected chi connectivity index (χ0v) is 14.2. The third-order valence-electron chi connectivity index (χ3n) is 5.08. The largest absolute Gasteiger partial charge is 0.353 e. The predicted molar refractivity (Wildman–Crippen MR) is 95.4 cm³/mol. The van der Waals surface area contributed by atoms with Crippen molar-refractivity contribution in [2.45, 2.75) is 18.3 Å². The van der Waals surface area contributed by atoms with E-state index in [0.29, 0.717) is 5.02 Å². The minimum atomic E-state index is -0.335. The zero-order valence-electron chi connectivity index (χ0n) is 13.5. The maximum absolute atomic E-state index is 13.1. The lowest BCUT2D eigenvalue weighted by Gasteiger charge is -2.37. The first kappa shape index (κ1) is 15.5. The van der Waals surface area contributed by atoms with Gasteiger partial charge >= 0.3 is 0 Å². The molecule has 1 saturated carbocycles. The molecule has 24 heavy (non-hydrogen) atoms. The minimum Gasteiger partial charge on any atom is -0.353 e. The Morgan fingerprint density at radius 1 is 1.04 bits per heavy atom. The van der Waals surface area contributed by atoms with Crippen molar-refractivity contribution in [2.24, 2.45) is 0 Å². The summed E-state index contributed by atoms with van der Waals surface area (Å²) in [6.07, 6.45) is 3.66. The molecular formula is C19H20ClN3O. The van der Waals surface area contributed by atoms with Gasteiger partial charge < -0.3 is 9.80 Å². The Hall–Kier alpha value is -2.07. The Morgan fingerprint density at radius 2 is 1.83 bits per heavy atom. The van der Waals surface area contributed by atoms with E-state index in [-0.39, 0.29) is 11.3 Å². The summed E-state index contributed by atoms with van der Waals surface area (Å²) >= 11 is 6.12. The average Bonchev–Trinajstić information content (AvgIpc) is 3.44. The van der Waals surface area contributed by atoms with E-state index in [4.69, 9.17) is 11.6 Å². The SMILES string of the molecule is O=C(N1CCN(c2ccccn2)CC1)C1(c2cccc(Cl)c2)CC1. The highest BCUT2D eigenvalue weighted by Gasteiger charge is 2.53. The molecule has 2 heterocycles. The molecule has 4 nitrogen and oxygen atoms in total. The minimum absolute atomic E-state index is 0.255. The molecule has 1 aromatic carbocycles. The molecule has 1 aliphatic carbocycles. The quantitative estimate of drug-likeness (QED) is 0.860. The average molecular weight is 342 g/mol. The summed E-state index contributed by atoms with van der Waals surface area (Å²) in [6, 6.07) is 13.7. The number of rotatable bonds is 3. The maximum Gasteiger partial charge on any atom is 0.233 e. The van der Waals surface area contributed by atoms with Gasteiger partial charge in [0.25, 0.3) is 0 Å². The van der Waals surface area contributed by atoms with Gasteiger partial charge in [-0.3, -0.25) is 4.79 Å². The molecule has 4 rings (SSSR count). The van der Waals surface area contributed by atoms with Crippen LogP contribution in [0.2, 0.25) is 5.02 Å². The van der Waals surface area contributed by atoms with Crippen LogP contribution in [0.5, 0.6) is 0 Å². The second kappa shape index (κ2) is 6.10. The van der Waals surface area contributed by atoms with Gasteiger partial charge in [0.05, 0.1) is 5.41 Å². The molecule has 1 amide bonds. The van der Waals surface area contributed by atoms with Gasteiger partial charge in [-0.25, -0.2) is 4.98 Å². The number of hydrogen-bond acceptors (Lipinski definition) is 3. The summed E-state index contributed by atoms with van der Waals surface area (Å²) < 4.78 is 0. The summed E-state index contributed by atoms with van der Waals surface area (Å²) in [6.45, 7) is 3.15. The van der Waals surface area contributed by atoms with Gasteiger partial charge in [0.1, 0.15) is 5.82 Å². The molecule has 0 unspecified atom stereocenters. The van der Waals surface area contributed by atoms with Crippen LogP contribution in [0.4, 0.5) is 5.82 Å². The molecule has 1 aliphatic heterocycles. The van der Waals surface area contributed by atoms with E-state index < -0.39 is 0 Å². The third-order valence-corrected chi connectivity index (χ3v) is 5.31. The molecule has 0 atom stereocenters. The van der Waals surface area contributed by atoms with Crippen molar-refractivity contribution in [2.75, 3.05) is 31.1 Å². The molecule has 124 valence electrons. The number of nitrogens with zero attached hydrogens (tertiary/aromatic N) is 3. The molecule has 1 saturated heterocycles. The smallest absolute Gasteiger partial charge is 0.233 e. The number of benzene rings is 1. The molecule has 0 radical (unpaired) electrons. The highest BCUT2D eigenvalue weighted by atomic mass is 35.5. The van der Waals surface area contributed by atoms with E-state index in [1.54, 1.807) is 0 Å². The number of carbonyl (C=O) groups is 1. The lowest BCUT2D eigenvalue weighted by molar-refractivity contribution is -0.134. The zero-order chi connectivity index (χ0) is 16.6. The lowest BCUT2D eigenvalue weighted by Crippen LogP contribution is -2.51. The van der Waals surface area contributed by atoms with Gasteiger partial charge in [0.2, 0.25) is 5.91 Å². The molecule has 2 aromatic rings. The second-order valence-electron chi connectivity index (χ2n) is 6.56. The fourth-order valence-corrected chi connectivity index (χ4v) is 3.71. The fraction of sp³-hybridized carbons (Fsp3) is 0.368. The standard InChI is InChI=1S/C19H20ClN3O/c20-16-5-3-4-15(14-16)19(7-8-19)18(24)23-12-10-22(11-13-23)17-6-1-2-9-21-17/h1-6,9,14H,7-8,10-13H2. The molecule has 0 bridgehead atoms. The second-order valence-corrected chi connectivity index (χ2v) is 7.00. The Labute approximate surface area is 147 Å². The number of anilines is 1. The van der Waals surface area contributed by atoms with Gasteiger partial charge in [-0.2, -0.15) is 0 Å². The van der Waals surface area contributed by atoms with E-state index >= 15 is 0 Å². The van der Waals surface area contributed by atoms with Crippen molar-refractivity contribution >= 4 is 23.3 Å². The first-order valence-electron chi connectivity index (χ1n) is 8.40. The van der Waals surface area contributed by atoms with Crippen molar-refractivity contribution in [1.29, 1.82) is 0 Å². The van der Waals surface area contributed by atoms with Gasteiger partial charge in [-0.05, 0) is 42.7 Å². The molecule has 0 spiro atoms. The van der Waals surface area contributed by atoms with Crippen molar-refractivity contribution in [3.05, 3.63) is 59.2 Å². The van der Waals surface area contributed by atoms with Crippen LogP contribution in [0.25, 0.3) is 0 Å². The van der Waals surface area contributed by atoms with E-state index in [9.17, 15) is 4.79 Å². The monoisotopic (exact) mass is 341 g/mol. The number of carbonyl (C=O) groups excluding carboxylic acids is 1. The van der Waals surface area contributed by atoms with Crippen LogP contribution in [0, 0.1) is 0 Å². The highest BCUT2D eigenvalue weighted by Crippen LogP contribution is 2.50. The normalized spacial score (nSPS) is 19.2. The number of amides is 1. The molecule has 1 aromatic heterocycles. The van der Waals surface area contributed by atoms with E-state index in [0.717, 1.165) is 50.4 Å². The first-order valence-corrected chi connectivity index (χ1v) is 8.78. The summed E-state index contributed by atoms with van der Waals surface area (Å²) in [5, 5.41) is 0.701. The molecular weight excluding hydrogens is 322 g/mol. The Morgan fingerprint density at radius 3 is 2.46 bits per heavy atom. The van der Waals surface area contributed by atoms with Crippen molar-refractivity contribution < 1.29 is 4.79 Å². The molecule has 5 heteroatoms. The van der Waals surface area contributed by atoms with Gasteiger partial charge in [0, 0.05) is 37.4 Å². The topological polar surface area (TPSA) is 36.4 Å². The fourth-order valence-electron chi connectivity index (χ4n) is 3.52. The van der Waals surface area contributed by atoms with E-state index in [2.05, 4.69) is 9.88 Å². The van der Waals surface area contributed by atoms with Crippen LogP contribution in [-0.4, -0.2) is 42.0 Å². The lowest BCUT2D eigenvalue weighted by atomic mass is 9.94. The number of piperazine rings is 1. The highest BCUT2D eigenvalue weighted by molar-refractivity contribution is 6.30. The molecule has 0 N–H and O–H groups in total. The van der Waals surface area contributed by atoms with Crippen LogP contribution in [-0.2, 0) is 10.2 Å². The van der Waals surface area contributed by atoms with Crippen LogP contribution in [0.3, 0.4) is 0 Å². The van der Waals surface area contributed by atoms with Crippen LogP contribution in [0.1, 0.15) is 18.4 Å². The summed E-state index contributed by atoms with van der Waals surface area (Å²) in [7, 11) is 0. The first-order chi connectivity index (χ1) is 11.7. The van der Waals surface area contributed by atoms with Gasteiger partial charge in [0.15, 0.2) is 0 Å². The number of aromatic nitrogens is 1. The summed E-state index contributed by atoms with van der Waals surface area (Å²) in [5.74, 6) is 1.24. The molecule has 2 fully saturated rings. The van der Waals surface area contributed by atoms with Crippen molar-refractivity contribution in [3.63, 3.8) is 0 Å². The van der Waals surface area contributed by atoms with Gasteiger partial charge in [-0.15, -0.1) is 0 Å². The Balaban J connectivity index is 1.45. The third kappa shape index (κ3) is 2.75. The van der Waals surface area contributed by atoms with Crippen LogP contribution < -0.4 is 4.90 Å². The van der Waals surface area contributed by atoms with Crippen molar-refractivity contribution in [1.82, 2.24) is 9.88 Å². The number of pyridine rings is 1. The number of halogens is 1. The van der Waals surface area contributed by atoms with Gasteiger partial charge in [-0.1, -0.05) is 29.8 Å². The Bertz CT molecular complexity index is 737. The van der Waals surface area contributed by atoms with Crippen molar-refractivity contribution in [3.8, 4) is 0 Å². The van der Waals surface area contributed by atoms with E-state index in [1.165, 1.54) is 0 Å². The Kier molecular flexibility index (Phi) is 3.93. The summed E-state index contributed by atoms with van der Waals surface area (Å²) in [4.78, 5) is 21.7. The number of hydrogen-bond donors (Lipinski definition) is 0. The summed E-state index contributed by atoms with van der Waals surface area (Å²) in [5.41, 5.74) is 0.727. The maximum atomic E-state index is 13.1. The molecule has 2 aliphatic rings. The van der Waals surface area contributed by atoms with E-state index in [1.807, 2.05) is 53.6 Å². The van der Waals surface area contributed by atoms with Crippen LogP contribution >= 0.6 is 11.6 Å². The predicted octanol–water partition coefficient (Wildman–Crippen LogP) is 3.12.